The van der Waals surface area contributed by atoms with E-state index in [2.05, 4.69) is 9.98 Å². The van der Waals surface area contributed by atoms with Gasteiger partial charge in [0.05, 0.1) is 6.61 Å². The lowest BCUT2D eigenvalue weighted by Crippen LogP contribution is -2.38. The molecule has 0 aromatic carbocycles. The fourth-order valence-electron chi connectivity index (χ4n) is 4.06. The average Bonchev–Trinajstić information content (AvgIpc) is 2.78. The summed E-state index contributed by atoms with van der Waals surface area (Å²) in [6, 6.07) is 3.64. The smallest absolute Gasteiger partial charge is 0.236 e. The van der Waals surface area contributed by atoms with Crippen LogP contribution in [0.5, 0.6) is 0 Å². The minimum atomic E-state index is -3.71. The lowest BCUT2D eigenvalue weighted by atomic mass is 9.90. The molecular formula is C22H36N6O3S. The summed E-state index contributed by atoms with van der Waals surface area (Å²) >= 11 is 0. The number of nitriles is 1. The van der Waals surface area contributed by atoms with E-state index in [1.807, 2.05) is 12.1 Å². The monoisotopic (exact) mass is 464 g/mol. The summed E-state index contributed by atoms with van der Waals surface area (Å²) < 4.78 is 29.5. The molecule has 0 radical (unpaired) electrons. The van der Waals surface area contributed by atoms with Crippen molar-refractivity contribution >= 4 is 21.7 Å². The number of unbranched alkanes of at least 4 members (excludes halogenated alkanes) is 4. The van der Waals surface area contributed by atoms with Crippen molar-refractivity contribution in [1.29, 1.82) is 5.26 Å². The zero-order chi connectivity index (χ0) is 23.2. The molecule has 1 saturated carbocycles. The van der Waals surface area contributed by atoms with Crippen LogP contribution in [-0.2, 0) is 14.8 Å². The molecule has 1 atom stereocenters. The first kappa shape index (κ1) is 26.0. The quantitative estimate of drug-likeness (QED) is 0.197. The molecule has 0 amide bonds. The number of ether oxygens (including phenoxy) is 1. The van der Waals surface area contributed by atoms with Crippen LogP contribution in [0.25, 0.3) is 0 Å². The van der Waals surface area contributed by atoms with Crippen LogP contribution in [0.1, 0.15) is 70.6 Å². The van der Waals surface area contributed by atoms with Gasteiger partial charge in [-0.25, -0.2) is 13.6 Å². The van der Waals surface area contributed by atoms with Crippen molar-refractivity contribution in [2.75, 3.05) is 18.1 Å². The Balaban J connectivity index is 1.69. The van der Waals surface area contributed by atoms with Gasteiger partial charge in [0.15, 0.2) is 5.44 Å². The van der Waals surface area contributed by atoms with E-state index in [1.54, 1.807) is 23.5 Å². The Morgan fingerprint density at radius 2 is 1.84 bits per heavy atom. The molecule has 1 aliphatic rings. The predicted molar refractivity (Wildman–Crippen MR) is 126 cm³/mol. The number of primary sulfonamides is 1. The maximum Gasteiger partial charge on any atom is 0.236 e. The second-order valence-electron chi connectivity index (χ2n) is 8.34. The molecule has 0 saturated heterocycles. The van der Waals surface area contributed by atoms with E-state index in [9.17, 15) is 8.42 Å². The van der Waals surface area contributed by atoms with Crippen molar-refractivity contribution in [1.82, 2.24) is 4.98 Å². The van der Waals surface area contributed by atoms with E-state index in [-0.39, 0.29) is 5.96 Å². The number of rotatable bonds is 13. The highest BCUT2D eigenvalue weighted by atomic mass is 32.2. The summed E-state index contributed by atoms with van der Waals surface area (Å²) in [5, 5.41) is 14.2. The summed E-state index contributed by atoms with van der Waals surface area (Å²) in [5.74, 6) is 0.609. The molecule has 10 heteroatoms. The summed E-state index contributed by atoms with van der Waals surface area (Å²) in [5.41, 5.74) is 5.86. The summed E-state index contributed by atoms with van der Waals surface area (Å²) in [4.78, 5) is 9.44. The second kappa shape index (κ2) is 14.0. The second-order valence-corrected chi connectivity index (χ2v) is 10.0. The minimum absolute atomic E-state index is 0.157. The van der Waals surface area contributed by atoms with E-state index in [0.29, 0.717) is 25.5 Å². The van der Waals surface area contributed by atoms with Crippen LogP contribution in [0.4, 0.5) is 5.69 Å². The maximum absolute atomic E-state index is 11.9. The average molecular weight is 465 g/mol. The number of guanidine groups is 1. The first-order valence-electron chi connectivity index (χ1n) is 11.4. The number of sulfonamides is 1. The number of aliphatic imine (C=N–C) groups is 1. The van der Waals surface area contributed by atoms with Crippen molar-refractivity contribution in [3.63, 3.8) is 0 Å². The van der Waals surface area contributed by atoms with E-state index >= 15 is 0 Å². The Labute approximate surface area is 191 Å². The van der Waals surface area contributed by atoms with Crippen LogP contribution < -0.4 is 15.8 Å². The van der Waals surface area contributed by atoms with E-state index < -0.39 is 15.5 Å². The van der Waals surface area contributed by atoms with Crippen molar-refractivity contribution in [3.05, 3.63) is 24.5 Å². The van der Waals surface area contributed by atoms with Crippen LogP contribution in [0.3, 0.4) is 0 Å². The number of hydrogen-bond acceptors (Lipinski definition) is 6. The Hall–Kier alpha value is -2.22. The van der Waals surface area contributed by atoms with Crippen LogP contribution >= 0.6 is 0 Å². The van der Waals surface area contributed by atoms with Crippen molar-refractivity contribution in [2.24, 2.45) is 21.8 Å². The normalized spacial score (nSPS) is 16.4. The number of nitrogens with two attached hydrogens (primary N) is 2. The summed E-state index contributed by atoms with van der Waals surface area (Å²) in [6.45, 7) is 1.11. The maximum atomic E-state index is 11.9. The van der Waals surface area contributed by atoms with Crippen molar-refractivity contribution in [2.45, 2.75) is 76.1 Å². The highest BCUT2D eigenvalue weighted by Gasteiger charge is 2.24. The van der Waals surface area contributed by atoms with Gasteiger partial charge in [-0.05, 0) is 50.2 Å². The standard InChI is InChI=1S/C22H36N6O3S/c23-18-27-22(24)28(20-12-14-26-15-13-20)16-8-3-1-2-7-11-21(32(25,29)30)31-17-19-9-5-4-6-10-19/h12-15,19,21H,1-11,16-17H2,(H2,24,27)(H2,25,29,30). The van der Waals surface area contributed by atoms with Crippen molar-refractivity contribution < 1.29 is 13.2 Å². The molecule has 1 aromatic heterocycles. The van der Waals surface area contributed by atoms with Gasteiger partial charge in [0.2, 0.25) is 22.2 Å². The van der Waals surface area contributed by atoms with E-state index in [4.69, 9.17) is 20.9 Å². The summed E-state index contributed by atoms with van der Waals surface area (Å²) in [6.07, 6.45) is 15.8. The molecule has 32 heavy (non-hydrogen) atoms. The number of hydrogen-bond donors (Lipinski definition) is 2. The van der Waals surface area contributed by atoms with Crippen molar-refractivity contribution in [3.8, 4) is 6.19 Å². The molecule has 1 fully saturated rings. The lowest BCUT2D eigenvalue weighted by Gasteiger charge is -2.24. The topological polar surface area (TPSA) is 148 Å². The zero-order valence-corrected chi connectivity index (χ0v) is 19.5. The van der Waals surface area contributed by atoms with Gasteiger partial charge in [0.1, 0.15) is 0 Å². The molecule has 1 aliphatic carbocycles. The Bertz CT molecular complexity index is 835. The highest BCUT2D eigenvalue weighted by molar-refractivity contribution is 7.89. The molecule has 1 unspecified atom stereocenters. The van der Waals surface area contributed by atoms with Gasteiger partial charge in [-0.2, -0.15) is 5.26 Å². The zero-order valence-electron chi connectivity index (χ0n) is 18.7. The number of anilines is 1. The fourth-order valence-corrected chi connectivity index (χ4v) is 4.83. The first-order valence-corrected chi connectivity index (χ1v) is 13.1. The SMILES string of the molecule is N#CN=C(N)N(CCCCCCCC(OCC1CCCCC1)S(N)(=O)=O)c1ccncc1. The largest absolute Gasteiger partial charge is 0.369 e. The third-order valence-electron chi connectivity index (χ3n) is 5.85. The third-order valence-corrected chi connectivity index (χ3v) is 6.95. The molecule has 2 rings (SSSR count). The molecule has 1 heterocycles. The number of nitrogens with zero attached hydrogens (tertiary/aromatic N) is 4. The van der Waals surface area contributed by atoms with Gasteiger partial charge < -0.3 is 15.4 Å². The van der Waals surface area contributed by atoms with Gasteiger partial charge >= 0.3 is 0 Å². The molecule has 1 aromatic rings. The Morgan fingerprint density at radius 3 is 2.50 bits per heavy atom. The van der Waals surface area contributed by atoms with Gasteiger partial charge in [-0.3, -0.25) is 4.98 Å². The van der Waals surface area contributed by atoms with Crippen LogP contribution in [0.2, 0.25) is 0 Å². The Kier molecular flexibility index (Phi) is 11.4. The van der Waals surface area contributed by atoms with Crippen LogP contribution in [0.15, 0.2) is 29.5 Å². The number of pyridine rings is 1. The first-order chi connectivity index (χ1) is 15.4. The van der Waals surface area contributed by atoms with E-state index in [0.717, 1.165) is 50.6 Å². The molecule has 4 N–H and O–H groups in total. The molecule has 0 spiro atoms. The van der Waals surface area contributed by atoms with Crippen LogP contribution in [-0.4, -0.2) is 37.9 Å². The lowest BCUT2D eigenvalue weighted by molar-refractivity contribution is 0.0575. The number of aromatic nitrogens is 1. The molecule has 9 nitrogen and oxygen atoms in total. The summed E-state index contributed by atoms with van der Waals surface area (Å²) in [7, 11) is -3.71. The van der Waals surface area contributed by atoms with Gasteiger partial charge in [0, 0.05) is 24.6 Å². The molecule has 0 bridgehead atoms. The van der Waals surface area contributed by atoms with Gasteiger partial charge in [-0.1, -0.05) is 38.5 Å². The minimum Gasteiger partial charge on any atom is -0.369 e. The highest BCUT2D eigenvalue weighted by Crippen LogP contribution is 2.25. The fraction of sp³-hybridized carbons (Fsp3) is 0.682. The van der Waals surface area contributed by atoms with Gasteiger partial charge in [0.25, 0.3) is 0 Å². The predicted octanol–water partition coefficient (Wildman–Crippen LogP) is 3.24. The molecule has 0 aliphatic heterocycles. The van der Waals surface area contributed by atoms with Gasteiger partial charge in [-0.15, -0.1) is 4.99 Å². The van der Waals surface area contributed by atoms with E-state index in [1.165, 1.54) is 19.3 Å². The molecular weight excluding hydrogens is 428 g/mol. The van der Waals surface area contributed by atoms with Crippen LogP contribution in [0, 0.1) is 17.4 Å². The molecule has 178 valence electrons. The Morgan fingerprint density at radius 1 is 1.19 bits per heavy atom. The third kappa shape index (κ3) is 9.51.